The summed E-state index contributed by atoms with van der Waals surface area (Å²) in [7, 11) is 1.41. The molecule has 2 aromatic rings. The number of phenols is 1. The summed E-state index contributed by atoms with van der Waals surface area (Å²) in [4.78, 5) is 0. The molecule has 43 heavy (non-hydrogen) atoms. The molecule has 2 saturated heterocycles. The minimum absolute atomic E-state index is 0.0115. The maximum atomic E-state index is 11.3. The average molecular weight is 615 g/mol. The van der Waals surface area contributed by atoms with E-state index in [1.807, 2.05) is 0 Å². The van der Waals surface area contributed by atoms with Gasteiger partial charge in [-0.25, -0.2) is 0 Å². The van der Waals surface area contributed by atoms with E-state index in [0.29, 0.717) is 5.39 Å². The Balaban J connectivity index is 1.47. The molecule has 0 aromatic heterocycles. The third kappa shape index (κ3) is 5.54. The van der Waals surface area contributed by atoms with Gasteiger partial charge in [-0.05, 0) is 19.9 Å². The van der Waals surface area contributed by atoms with Crippen LogP contribution >= 0.6 is 0 Å². The molecule has 0 spiro atoms. The zero-order valence-corrected chi connectivity index (χ0v) is 23.6. The standard InChI is InChI=1S/C28H38O15/c1-9-15-17(18(30)10(2)40-9)26(11-5-4-6-12(38-3)16(11)21(15)33)43-28-25(37)23(35)20(32)14(42-28)8-39-27-24(36)22(34)19(31)13(7-29)41-27/h4-6,9-10,13-14,18-20,22-25,27-37H,7-8H2,1-3H3. The minimum atomic E-state index is -1.80. The van der Waals surface area contributed by atoms with Crippen LogP contribution in [-0.2, 0) is 18.9 Å². The van der Waals surface area contributed by atoms with E-state index in [4.69, 9.17) is 28.4 Å². The Kier molecular flexibility index (Phi) is 9.35. The van der Waals surface area contributed by atoms with Crippen molar-refractivity contribution < 1.29 is 74.4 Å². The molecular weight excluding hydrogens is 576 g/mol. The maximum absolute atomic E-state index is 11.3. The molecule has 3 aliphatic heterocycles. The number of aromatic hydroxyl groups is 1. The van der Waals surface area contributed by atoms with Crippen molar-refractivity contribution in [2.75, 3.05) is 20.3 Å². The fourth-order valence-electron chi connectivity index (χ4n) is 5.86. The van der Waals surface area contributed by atoms with E-state index in [-0.39, 0.29) is 33.8 Å². The Hall–Kier alpha value is -2.38. The van der Waals surface area contributed by atoms with E-state index < -0.39 is 92.9 Å². The van der Waals surface area contributed by atoms with Crippen molar-refractivity contribution in [1.82, 2.24) is 0 Å². The number of hydrogen-bond donors (Lipinski definition) is 9. The Morgan fingerprint density at radius 1 is 0.767 bits per heavy atom. The number of benzene rings is 2. The van der Waals surface area contributed by atoms with Gasteiger partial charge >= 0.3 is 0 Å². The zero-order valence-electron chi connectivity index (χ0n) is 23.6. The molecule has 15 heteroatoms. The minimum Gasteiger partial charge on any atom is -0.507 e. The van der Waals surface area contributed by atoms with Gasteiger partial charge in [0.05, 0.1) is 37.9 Å². The van der Waals surface area contributed by atoms with Crippen LogP contribution in [0.25, 0.3) is 10.8 Å². The molecule has 240 valence electrons. The fraction of sp³-hybridized carbons (Fsp3) is 0.643. The number of rotatable bonds is 7. The van der Waals surface area contributed by atoms with Gasteiger partial charge in [-0.1, -0.05) is 12.1 Å². The molecular formula is C28H38O15. The van der Waals surface area contributed by atoms with E-state index in [1.165, 1.54) is 7.11 Å². The lowest BCUT2D eigenvalue weighted by Gasteiger charge is -2.43. The summed E-state index contributed by atoms with van der Waals surface area (Å²) in [5, 5.41) is 94.9. The van der Waals surface area contributed by atoms with Crippen LogP contribution < -0.4 is 9.47 Å². The molecule has 0 saturated carbocycles. The summed E-state index contributed by atoms with van der Waals surface area (Å²) in [5.74, 6) is 0.103. The van der Waals surface area contributed by atoms with Crippen molar-refractivity contribution in [3.63, 3.8) is 0 Å². The molecule has 13 unspecified atom stereocenters. The normalized spacial score (nSPS) is 39.8. The number of phenolic OH excluding ortho intramolecular Hbond substituents is 1. The van der Waals surface area contributed by atoms with Gasteiger partial charge in [-0.3, -0.25) is 0 Å². The first kappa shape index (κ1) is 32.0. The quantitative estimate of drug-likeness (QED) is 0.165. The van der Waals surface area contributed by atoms with Gasteiger partial charge in [0.15, 0.2) is 6.29 Å². The van der Waals surface area contributed by atoms with E-state index in [0.717, 1.165) is 0 Å². The monoisotopic (exact) mass is 614 g/mol. The number of fused-ring (bicyclic) bond motifs is 2. The molecule has 0 bridgehead atoms. The van der Waals surface area contributed by atoms with Crippen molar-refractivity contribution in [1.29, 1.82) is 0 Å². The molecule has 15 nitrogen and oxygen atoms in total. The molecule has 0 aliphatic carbocycles. The first-order valence-corrected chi connectivity index (χ1v) is 13.9. The highest BCUT2D eigenvalue weighted by molar-refractivity contribution is 6.00. The molecule has 0 radical (unpaired) electrons. The second-order valence-electron chi connectivity index (χ2n) is 11.0. The summed E-state index contributed by atoms with van der Waals surface area (Å²) in [6.45, 7) is 2.09. The first-order chi connectivity index (χ1) is 20.4. The number of ether oxygens (including phenoxy) is 6. The van der Waals surface area contributed by atoms with Crippen LogP contribution in [0.5, 0.6) is 17.2 Å². The Labute approximate surface area is 245 Å². The zero-order chi connectivity index (χ0) is 31.3. The van der Waals surface area contributed by atoms with Crippen LogP contribution in [0.15, 0.2) is 18.2 Å². The smallest absolute Gasteiger partial charge is 0.229 e. The predicted molar refractivity (Wildman–Crippen MR) is 143 cm³/mol. The Bertz CT molecular complexity index is 1290. The van der Waals surface area contributed by atoms with Crippen LogP contribution in [-0.4, -0.2) is 134 Å². The van der Waals surface area contributed by atoms with Crippen LogP contribution in [0, 0.1) is 0 Å². The van der Waals surface area contributed by atoms with Crippen molar-refractivity contribution in [2.45, 2.75) is 93.6 Å². The van der Waals surface area contributed by atoms with E-state index in [2.05, 4.69) is 0 Å². The highest BCUT2D eigenvalue weighted by atomic mass is 16.7. The number of methoxy groups -OCH3 is 1. The molecule has 3 heterocycles. The SMILES string of the molecule is COc1cccc2c(OC3OC(COC4OC(CO)C(O)C(O)C4O)C(O)C(O)C3O)c3c(c(O)c12)C(C)OC(C)C3O. The van der Waals surface area contributed by atoms with Gasteiger partial charge < -0.3 is 74.4 Å². The van der Waals surface area contributed by atoms with Crippen molar-refractivity contribution in [2.24, 2.45) is 0 Å². The third-order valence-corrected chi connectivity index (χ3v) is 8.26. The summed E-state index contributed by atoms with van der Waals surface area (Å²) in [6.07, 6.45) is -18.8. The highest BCUT2D eigenvalue weighted by Crippen LogP contribution is 2.52. The number of aliphatic hydroxyl groups excluding tert-OH is 8. The van der Waals surface area contributed by atoms with Gasteiger partial charge in [0.1, 0.15) is 72.2 Å². The van der Waals surface area contributed by atoms with Crippen LogP contribution in [0.4, 0.5) is 0 Å². The fourth-order valence-corrected chi connectivity index (χ4v) is 5.86. The predicted octanol–water partition coefficient (Wildman–Crippen LogP) is -1.93. The molecule has 13 atom stereocenters. The lowest BCUT2D eigenvalue weighted by molar-refractivity contribution is -0.323. The van der Waals surface area contributed by atoms with E-state index in [1.54, 1.807) is 32.0 Å². The van der Waals surface area contributed by atoms with Crippen molar-refractivity contribution >= 4 is 10.8 Å². The lowest BCUT2D eigenvalue weighted by Crippen LogP contribution is -2.62. The van der Waals surface area contributed by atoms with Gasteiger partial charge in [-0.15, -0.1) is 0 Å². The van der Waals surface area contributed by atoms with Gasteiger partial charge in [0.2, 0.25) is 6.29 Å². The molecule has 2 fully saturated rings. The molecule has 5 rings (SSSR count). The van der Waals surface area contributed by atoms with Gasteiger partial charge in [0, 0.05) is 16.5 Å². The largest absolute Gasteiger partial charge is 0.507 e. The number of hydrogen-bond acceptors (Lipinski definition) is 15. The van der Waals surface area contributed by atoms with Gasteiger partial charge in [0.25, 0.3) is 0 Å². The second-order valence-corrected chi connectivity index (χ2v) is 11.0. The lowest BCUT2D eigenvalue weighted by atomic mass is 9.87. The van der Waals surface area contributed by atoms with E-state index in [9.17, 15) is 46.0 Å². The molecule has 9 N–H and O–H groups in total. The maximum Gasteiger partial charge on any atom is 0.229 e. The second kappa shape index (κ2) is 12.5. The third-order valence-electron chi connectivity index (χ3n) is 8.26. The molecule has 0 amide bonds. The molecule has 2 aromatic carbocycles. The Morgan fingerprint density at radius 2 is 1.40 bits per heavy atom. The highest BCUT2D eigenvalue weighted by Gasteiger charge is 2.49. The van der Waals surface area contributed by atoms with E-state index >= 15 is 0 Å². The van der Waals surface area contributed by atoms with Crippen LogP contribution in [0.2, 0.25) is 0 Å². The van der Waals surface area contributed by atoms with Crippen molar-refractivity contribution in [3.05, 3.63) is 29.3 Å². The first-order valence-electron chi connectivity index (χ1n) is 13.9. The van der Waals surface area contributed by atoms with Crippen LogP contribution in [0.3, 0.4) is 0 Å². The van der Waals surface area contributed by atoms with Crippen molar-refractivity contribution in [3.8, 4) is 17.2 Å². The summed E-state index contributed by atoms with van der Waals surface area (Å²) in [6, 6.07) is 4.85. The Morgan fingerprint density at radius 3 is 2.05 bits per heavy atom. The average Bonchev–Trinajstić information content (AvgIpc) is 2.99. The summed E-state index contributed by atoms with van der Waals surface area (Å²) >= 11 is 0. The summed E-state index contributed by atoms with van der Waals surface area (Å²) in [5.41, 5.74) is 0.404. The topological polar surface area (TPSA) is 237 Å². The van der Waals surface area contributed by atoms with Crippen LogP contribution in [0.1, 0.15) is 37.2 Å². The van der Waals surface area contributed by atoms with Gasteiger partial charge in [-0.2, -0.15) is 0 Å². The number of aliphatic hydroxyl groups is 8. The molecule has 3 aliphatic rings. The summed E-state index contributed by atoms with van der Waals surface area (Å²) < 4.78 is 34.1.